The lowest BCUT2D eigenvalue weighted by Gasteiger charge is -2.18. The molecule has 21 heavy (non-hydrogen) atoms. The number of carbonyl (C=O) groups excluding carboxylic acids is 1. The number of fused-ring (bicyclic) bond motifs is 1. The van der Waals surface area contributed by atoms with Crippen LogP contribution in [0.2, 0.25) is 0 Å². The molecule has 0 aliphatic rings. The molecule has 2 N–H and O–H groups in total. The minimum absolute atomic E-state index is 0.0405. The van der Waals surface area contributed by atoms with Gasteiger partial charge < -0.3 is 20.3 Å². The zero-order chi connectivity index (χ0) is 15.2. The SMILES string of the molecule is CNCc1c(N(C)CC(=O)NCCOC)nc2sccn12. The van der Waals surface area contributed by atoms with Crippen LogP contribution in [0.5, 0.6) is 0 Å². The van der Waals surface area contributed by atoms with Crippen LogP contribution in [0, 0.1) is 0 Å². The molecule has 0 aromatic carbocycles. The van der Waals surface area contributed by atoms with Crippen LogP contribution in [0.4, 0.5) is 5.82 Å². The molecular formula is C13H21N5O2S. The van der Waals surface area contributed by atoms with Crippen LogP contribution in [0.25, 0.3) is 4.96 Å². The van der Waals surface area contributed by atoms with Gasteiger partial charge >= 0.3 is 0 Å². The Labute approximate surface area is 127 Å². The third-order valence-corrected chi connectivity index (χ3v) is 3.81. The highest BCUT2D eigenvalue weighted by molar-refractivity contribution is 7.15. The number of imidazole rings is 1. The first-order valence-corrected chi connectivity index (χ1v) is 7.61. The molecule has 2 heterocycles. The maximum absolute atomic E-state index is 11.9. The number of carbonyl (C=O) groups is 1. The molecule has 116 valence electrons. The molecule has 0 unspecified atom stereocenters. The smallest absolute Gasteiger partial charge is 0.239 e. The Morgan fingerprint density at radius 2 is 2.38 bits per heavy atom. The van der Waals surface area contributed by atoms with Crippen molar-refractivity contribution in [3.8, 4) is 0 Å². The number of nitrogens with zero attached hydrogens (tertiary/aromatic N) is 3. The summed E-state index contributed by atoms with van der Waals surface area (Å²) in [6.07, 6.45) is 2.00. The molecule has 0 atom stereocenters. The number of methoxy groups -OCH3 is 1. The van der Waals surface area contributed by atoms with Gasteiger partial charge in [0.15, 0.2) is 10.8 Å². The van der Waals surface area contributed by atoms with Gasteiger partial charge in [0.05, 0.1) is 18.8 Å². The van der Waals surface area contributed by atoms with Gasteiger partial charge in [0, 0.05) is 38.8 Å². The summed E-state index contributed by atoms with van der Waals surface area (Å²) in [6, 6.07) is 0. The van der Waals surface area contributed by atoms with Crippen molar-refractivity contribution in [3.05, 3.63) is 17.3 Å². The molecule has 0 bridgehead atoms. The molecule has 0 radical (unpaired) electrons. The molecule has 0 aliphatic heterocycles. The molecule has 0 saturated carbocycles. The van der Waals surface area contributed by atoms with E-state index in [1.807, 2.05) is 30.6 Å². The molecule has 8 heteroatoms. The number of ether oxygens (including phenoxy) is 1. The summed E-state index contributed by atoms with van der Waals surface area (Å²) in [4.78, 5) is 19.3. The van der Waals surface area contributed by atoms with Gasteiger partial charge in [-0.1, -0.05) is 0 Å². The third-order valence-electron chi connectivity index (χ3n) is 3.05. The minimum atomic E-state index is -0.0405. The van der Waals surface area contributed by atoms with Crippen molar-refractivity contribution in [2.24, 2.45) is 0 Å². The summed E-state index contributed by atoms with van der Waals surface area (Å²) in [5.41, 5.74) is 1.06. The molecule has 2 aromatic rings. The van der Waals surface area contributed by atoms with Gasteiger partial charge in [0.25, 0.3) is 0 Å². The van der Waals surface area contributed by atoms with Gasteiger partial charge in [-0.2, -0.15) is 0 Å². The van der Waals surface area contributed by atoms with Crippen LogP contribution < -0.4 is 15.5 Å². The van der Waals surface area contributed by atoms with E-state index in [-0.39, 0.29) is 12.5 Å². The third kappa shape index (κ3) is 3.72. The second-order valence-electron chi connectivity index (χ2n) is 4.67. The number of rotatable bonds is 8. The predicted octanol–water partition coefficient (Wildman–Crippen LogP) is 0.314. The van der Waals surface area contributed by atoms with Crippen LogP contribution in [-0.4, -0.2) is 56.2 Å². The van der Waals surface area contributed by atoms with E-state index >= 15 is 0 Å². The highest BCUT2D eigenvalue weighted by Crippen LogP contribution is 2.23. The fourth-order valence-electron chi connectivity index (χ4n) is 2.10. The lowest BCUT2D eigenvalue weighted by atomic mass is 10.3. The van der Waals surface area contributed by atoms with Gasteiger partial charge in [-0.05, 0) is 7.05 Å². The average molecular weight is 311 g/mol. The van der Waals surface area contributed by atoms with Crippen LogP contribution in [0.3, 0.4) is 0 Å². The highest BCUT2D eigenvalue weighted by atomic mass is 32.1. The number of hydrogen-bond acceptors (Lipinski definition) is 6. The number of aromatic nitrogens is 2. The van der Waals surface area contributed by atoms with E-state index in [1.165, 1.54) is 0 Å². The van der Waals surface area contributed by atoms with Gasteiger partial charge in [-0.15, -0.1) is 11.3 Å². The van der Waals surface area contributed by atoms with E-state index in [0.29, 0.717) is 19.7 Å². The highest BCUT2D eigenvalue weighted by Gasteiger charge is 2.17. The number of likely N-dealkylation sites (N-methyl/N-ethyl adjacent to an activating group) is 1. The van der Waals surface area contributed by atoms with E-state index < -0.39 is 0 Å². The molecule has 0 spiro atoms. The first kappa shape index (κ1) is 15.7. The van der Waals surface area contributed by atoms with Crippen molar-refractivity contribution in [3.63, 3.8) is 0 Å². The second-order valence-corrected chi connectivity index (χ2v) is 5.54. The Bertz CT molecular complexity index is 594. The van der Waals surface area contributed by atoms with Crippen molar-refractivity contribution in [2.75, 3.05) is 45.8 Å². The molecule has 0 aliphatic carbocycles. The van der Waals surface area contributed by atoms with Crippen molar-refractivity contribution in [2.45, 2.75) is 6.54 Å². The fraction of sp³-hybridized carbons (Fsp3) is 0.538. The largest absolute Gasteiger partial charge is 0.383 e. The lowest BCUT2D eigenvalue weighted by molar-refractivity contribution is -0.119. The molecule has 2 aromatic heterocycles. The molecule has 1 amide bonds. The number of amides is 1. The second kappa shape index (κ2) is 7.39. The Morgan fingerprint density at radius 3 is 3.10 bits per heavy atom. The Hall–Kier alpha value is -1.64. The van der Waals surface area contributed by atoms with Crippen LogP contribution >= 0.6 is 11.3 Å². The summed E-state index contributed by atoms with van der Waals surface area (Å²) in [5, 5.41) is 7.96. The zero-order valence-corrected chi connectivity index (χ0v) is 13.4. The maximum atomic E-state index is 11.9. The predicted molar refractivity (Wildman–Crippen MR) is 84.0 cm³/mol. The quantitative estimate of drug-likeness (QED) is 0.687. The monoisotopic (exact) mass is 311 g/mol. The molecule has 2 rings (SSSR count). The zero-order valence-electron chi connectivity index (χ0n) is 12.5. The topological polar surface area (TPSA) is 70.9 Å². The average Bonchev–Trinajstić information content (AvgIpc) is 3.02. The summed E-state index contributed by atoms with van der Waals surface area (Å²) in [7, 11) is 5.38. The van der Waals surface area contributed by atoms with E-state index in [0.717, 1.165) is 16.5 Å². The Kier molecular flexibility index (Phi) is 5.54. The number of nitrogens with one attached hydrogen (secondary N) is 2. The molecule has 0 fully saturated rings. The Balaban J connectivity index is 2.07. The van der Waals surface area contributed by atoms with E-state index in [1.54, 1.807) is 18.4 Å². The lowest BCUT2D eigenvalue weighted by Crippen LogP contribution is -2.37. The summed E-state index contributed by atoms with van der Waals surface area (Å²) in [5.74, 6) is 0.791. The molecule has 0 saturated heterocycles. The summed E-state index contributed by atoms with van der Waals surface area (Å²) >= 11 is 1.58. The Morgan fingerprint density at radius 1 is 1.57 bits per heavy atom. The van der Waals surface area contributed by atoms with E-state index in [9.17, 15) is 4.79 Å². The van der Waals surface area contributed by atoms with Gasteiger partial charge in [-0.3, -0.25) is 9.20 Å². The minimum Gasteiger partial charge on any atom is -0.383 e. The van der Waals surface area contributed by atoms with E-state index in [4.69, 9.17) is 4.74 Å². The maximum Gasteiger partial charge on any atom is 0.239 e. The van der Waals surface area contributed by atoms with Crippen molar-refractivity contribution < 1.29 is 9.53 Å². The fourth-order valence-corrected chi connectivity index (χ4v) is 2.83. The number of hydrogen-bond donors (Lipinski definition) is 2. The number of thiazole rings is 1. The van der Waals surface area contributed by atoms with Gasteiger partial charge in [0.2, 0.25) is 5.91 Å². The molecule has 7 nitrogen and oxygen atoms in total. The first-order valence-electron chi connectivity index (χ1n) is 6.73. The molecular weight excluding hydrogens is 290 g/mol. The summed E-state index contributed by atoms with van der Waals surface area (Å²) < 4.78 is 6.96. The number of anilines is 1. The normalized spacial score (nSPS) is 11.0. The van der Waals surface area contributed by atoms with Crippen LogP contribution in [-0.2, 0) is 16.1 Å². The first-order chi connectivity index (χ1) is 10.2. The summed E-state index contributed by atoms with van der Waals surface area (Å²) in [6.45, 7) is 2.00. The van der Waals surface area contributed by atoms with Crippen molar-refractivity contribution in [1.29, 1.82) is 0 Å². The van der Waals surface area contributed by atoms with Crippen LogP contribution in [0.1, 0.15) is 5.69 Å². The van der Waals surface area contributed by atoms with Crippen LogP contribution in [0.15, 0.2) is 11.6 Å². The van der Waals surface area contributed by atoms with Crippen molar-refractivity contribution >= 4 is 28.0 Å². The van der Waals surface area contributed by atoms with Gasteiger partial charge in [0.1, 0.15) is 0 Å². The van der Waals surface area contributed by atoms with Crippen molar-refractivity contribution in [1.82, 2.24) is 20.0 Å². The van der Waals surface area contributed by atoms with E-state index in [2.05, 4.69) is 20.0 Å². The van der Waals surface area contributed by atoms with Gasteiger partial charge in [-0.25, -0.2) is 4.98 Å². The standard InChI is InChI=1S/C13H21N5O2S/c1-14-8-10-12(16-13-18(10)5-7-21-13)17(2)9-11(19)15-4-6-20-3/h5,7,14H,4,6,8-9H2,1-3H3,(H,15,19).